The molecule has 0 bridgehead atoms. The molecule has 0 aliphatic carbocycles. The number of furan rings is 1. The van der Waals surface area contributed by atoms with Crippen LogP contribution in [0.1, 0.15) is 36.0 Å². The third-order valence-corrected chi connectivity index (χ3v) is 4.27. The highest BCUT2D eigenvalue weighted by Crippen LogP contribution is 2.20. The van der Waals surface area contributed by atoms with Crippen LogP contribution in [0.4, 0.5) is 0 Å². The molecule has 0 aliphatic rings. The number of amides is 1. The average Bonchev–Trinajstić information content (AvgIpc) is 3.39. The van der Waals surface area contributed by atoms with Crippen molar-refractivity contribution in [3.63, 3.8) is 0 Å². The number of pyridine rings is 1. The van der Waals surface area contributed by atoms with Crippen molar-refractivity contribution in [1.82, 2.24) is 30.0 Å². The summed E-state index contributed by atoms with van der Waals surface area (Å²) in [6.07, 6.45) is 6.33. The SMILES string of the molecule is CCN(CC)[C@H](CNC(=O)c1ccnc(-n2cnnc2)c1)c1ccco1. The third-order valence-electron chi connectivity index (χ3n) is 4.27. The first-order valence-electron chi connectivity index (χ1n) is 8.59. The second-order valence-electron chi connectivity index (χ2n) is 5.73. The molecule has 3 rings (SSSR count). The van der Waals surface area contributed by atoms with Crippen molar-refractivity contribution in [1.29, 1.82) is 0 Å². The normalized spacial score (nSPS) is 12.3. The molecular formula is C18H22N6O2. The van der Waals surface area contributed by atoms with E-state index in [0.29, 0.717) is 17.9 Å². The summed E-state index contributed by atoms with van der Waals surface area (Å²) < 4.78 is 7.22. The summed E-state index contributed by atoms with van der Waals surface area (Å²) in [5.74, 6) is 1.27. The van der Waals surface area contributed by atoms with Crippen LogP contribution in [0.15, 0.2) is 53.8 Å². The minimum Gasteiger partial charge on any atom is -0.468 e. The van der Waals surface area contributed by atoms with Crippen molar-refractivity contribution in [2.24, 2.45) is 0 Å². The van der Waals surface area contributed by atoms with Gasteiger partial charge in [0, 0.05) is 18.3 Å². The lowest BCUT2D eigenvalue weighted by molar-refractivity contribution is 0.0929. The molecule has 26 heavy (non-hydrogen) atoms. The zero-order chi connectivity index (χ0) is 18.4. The predicted molar refractivity (Wildman–Crippen MR) is 95.9 cm³/mol. The Morgan fingerprint density at radius 1 is 1.27 bits per heavy atom. The van der Waals surface area contributed by atoms with E-state index in [1.807, 2.05) is 12.1 Å². The number of hydrogen-bond donors (Lipinski definition) is 1. The minimum atomic E-state index is -0.162. The molecule has 3 aromatic rings. The van der Waals surface area contributed by atoms with Gasteiger partial charge in [0.15, 0.2) is 0 Å². The highest BCUT2D eigenvalue weighted by atomic mass is 16.3. The maximum Gasteiger partial charge on any atom is 0.251 e. The van der Waals surface area contributed by atoms with Crippen molar-refractivity contribution < 1.29 is 9.21 Å². The predicted octanol–water partition coefficient (Wildman–Crippen LogP) is 2.07. The molecule has 8 nitrogen and oxygen atoms in total. The van der Waals surface area contributed by atoms with Crippen LogP contribution in [0.25, 0.3) is 5.82 Å². The molecule has 0 aromatic carbocycles. The van der Waals surface area contributed by atoms with Crippen molar-refractivity contribution in [3.05, 3.63) is 60.7 Å². The molecule has 1 N–H and O–H groups in total. The zero-order valence-corrected chi connectivity index (χ0v) is 14.9. The standard InChI is InChI=1S/C18H22N6O2/c1-3-23(4-2)15(16-6-5-9-26-16)11-20-18(25)14-7-8-19-17(10-14)24-12-21-22-13-24/h5-10,12-13,15H,3-4,11H2,1-2H3,(H,20,25)/t15-/m1/s1. The monoisotopic (exact) mass is 354 g/mol. The van der Waals surface area contributed by atoms with E-state index in [-0.39, 0.29) is 11.9 Å². The Bertz CT molecular complexity index is 812. The summed E-state index contributed by atoms with van der Waals surface area (Å²) in [6, 6.07) is 7.18. The molecule has 0 spiro atoms. The number of nitrogens with zero attached hydrogens (tertiary/aromatic N) is 5. The van der Waals surface area contributed by atoms with Gasteiger partial charge in [-0.25, -0.2) is 4.98 Å². The zero-order valence-electron chi connectivity index (χ0n) is 14.9. The number of aromatic nitrogens is 4. The quantitative estimate of drug-likeness (QED) is 0.666. The van der Waals surface area contributed by atoms with E-state index < -0.39 is 0 Å². The van der Waals surface area contributed by atoms with Gasteiger partial charge in [0.25, 0.3) is 5.91 Å². The summed E-state index contributed by atoms with van der Waals surface area (Å²) in [7, 11) is 0. The van der Waals surface area contributed by atoms with Crippen LogP contribution in [0, 0.1) is 0 Å². The van der Waals surface area contributed by atoms with Crippen molar-refractivity contribution >= 4 is 5.91 Å². The fourth-order valence-corrected chi connectivity index (χ4v) is 2.87. The van der Waals surface area contributed by atoms with Crippen LogP contribution < -0.4 is 5.32 Å². The van der Waals surface area contributed by atoms with Gasteiger partial charge in [0.1, 0.15) is 24.2 Å². The molecule has 0 fully saturated rings. The Morgan fingerprint density at radius 3 is 2.69 bits per heavy atom. The molecule has 0 saturated carbocycles. The van der Waals surface area contributed by atoms with Crippen LogP contribution in [-0.2, 0) is 0 Å². The number of rotatable bonds is 8. The Balaban J connectivity index is 1.72. The molecule has 1 amide bonds. The summed E-state index contributed by atoms with van der Waals surface area (Å²) in [4.78, 5) is 19.1. The molecule has 8 heteroatoms. The first-order chi connectivity index (χ1) is 12.7. The van der Waals surface area contributed by atoms with Gasteiger partial charge >= 0.3 is 0 Å². The molecule has 0 radical (unpaired) electrons. The lowest BCUT2D eigenvalue weighted by Crippen LogP contribution is -2.38. The number of carbonyl (C=O) groups excluding carboxylic acids is 1. The van der Waals surface area contributed by atoms with Crippen molar-refractivity contribution in [2.75, 3.05) is 19.6 Å². The molecule has 3 heterocycles. The summed E-state index contributed by atoms with van der Waals surface area (Å²) in [6.45, 7) is 6.37. The van der Waals surface area contributed by atoms with Crippen LogP contribution in [0.3, 0.4) is 0 Å². The van der Waals surface area contributed by atoms with E-state index in [2.05, 4.69) is 39.2 Å². The lowest BCUT2D eigenvalue weighted by Gasteiger charge is -2.28. The highest BCUT2D eigenvalue weighted by molar-refractivity contribution is 5.94. The third kappa shape index (κ3) is 3.97. The van der Waals surface area contributed by atoms with Gasteiger partial charge in [-0.05, 0) is 37.4 Å². The lowest BCUT2D eigenvalue weighted by atomic mass is 10.1. The number of carbonyl (C=O) groups is 1. The second-order valence-corrected chi connectivity index (χ2v) is 5.73. The van der Waals surface area contributed by atoms with Crippen LogP contribution in [0.5, 0.6) is 0 Å². The molecule has 0 aliphatic heterocycles. The maximum atomic E-state index is 12.6. The van der Waals surface area contributed by atoms with E-state index >= 15 is 0 Å². The smallest absolute Gasteiger partial charge is 0.251 e. The Morgan fingerprint density at radius 2 is 2.04 bits per heavy atom. The Hall–Kier alpha value is -3.00. The van der Waals surface area contributed by atoms with E-state index in [4.69, 9.17) is 4.42 Å². The van der Waals surface area contributed by atoms with E-state index in [1.54, 1.807) is 29.2 Å². The van der Waals surface area contributed by atoms with Crippen molar-refractivity contribution in [2.45, 2.75) is 19.9 Å². The largest absolute Gasteiger partial charge is 0.468 e. The first-order valence-corrected chi connectivity index (χ1v) is 8.59. The van der Waals surface area contributed by atoms with Gasteiger partial charge < -0.3 is 9.73 Å². The van der Waals surface area contributed by atoms with Gasteiger partial charge in [-0.3, -0.25) is 14.3 Å². The van der Waals surface area contributed by atoms with Crippen LogP contribution in [-0.4, -0.2) is 50.2 Å². The average molecular weight is 354 g/mol. The minimum absolute atomic E-state index is 0.0110. The fourth-order valence-electron chi connectivity index (χ4n) is 2.87. The molecule has 136 valence electrons. The summed E-state index contributed by atoms with van der Waals surface area (Å²) in [5, 5.41) is 10.5. The number of nitrogens with one attached hydrogen (secondary N) is 1. The van der Waals surface area contributed by atoms with E-state index in [0.717, 1.165) is 18.8 Å². The molecule has 1 atom stereocenters. The van der Waals surface area contributed by atoms with Gasteiger partial charge in [0.2, 0.25) is 0 Å². The Kier molecular flexibility index (Phi) is 5.75. The highest BCUT2D eigenvalue weighted by Gasteiger charge is 2.21. The van der Waals surface area contributed by atoms with Gasteiger partial charge in [-0.15, -0.1) is 10.2 Å². The maximum absolute atomic E-state index is 12.6. The van der Waals surface area contributed by atoms with Gasteiger partial charge in [0.05, 0.1) is 12.3 Å². The molecule has 3 aromatic heterocycles. The van der Waals surface area contributed by atoms with Gasteiger partial charge in [-0.2, -0.15) is 0 Å². The van der Waals surface area contributed by atoms with E-state index in [9.17, 15) is 4.79 Å². The fraction of sp³-hybridized carbons (Fsp3) is 0.333. The molecule has 0 unspecified atom stereocenters. The molecular weight excluding hydrogens is 332 g/mol. The topological polar surface area (TPSA) is 89.1 Å². The number of hydrogen-bond acceptors (Lipinski definition) is 6. The first kappa shape index (κ1) is 17.8. The van der Waals surface area contributed by atoms with Gasteiger partial charge in [-0.1, -0.05) is 13.8 Å². The van der Waals surface area contributed by atoms with Crippen LogP contribution >= 0.6 is 0 Å². The second kappa shape index (κ2) is 8.39. The van der Waals surface area contributed by atoms with Crippen molar-refractivity contribution in [3.8, 4) is 5.82 Å². The van der Waals surface area contributed by atoms with E-state index in [1.165, 1.54) is 12.7 Å². The van der Waals surface area contributed by atoms with Crippen LogP contribution in [0.2, 0.25) is 0 Å². The number of likely N-dealkylation sites (N-methyl/N-ethyl adjacent to an activating group) is 1. The summed E-state index contributed by atoms with van der Waals surface area (Å²) >= 11 is 0. The summed E-state index contributed by atoms with van der Waals surface area (Å²) in [5.41, 5.74) is 0.529. The molecule has 0 saturated heterocycles. The Labute approximate surface area is 151 Å².